The molecule has 2 N–H and O–H groups in total. The lowest BCUT2D eigenvalue weighted by molar-refractivity contribution is -0.120. The van der Waals surface area contributed by atoms with E-state index in [0.29, 0.717) is 22.2 Å². The van der Waals surface area contributed by atoms with Gasteiger partial charge in [0.1, 0.15) is 11.8 Å². The maximum atomic E-state index is 11.9. The number of nitrogens with zero attached hydrogens (tertiary/aromatic N) is 3. The summed E-state index contributed by atoms with van der Waals surface area (Å²) < 4.78 is 6.10. The minimum absolute atomic E-state index is 0.169. The van der Waals surface area contributed by atoms with E-state index in [0.717, 1.165) is 4.47 Å². The van der Waals surface area contributed by atoms with E-state index in [1.807, 2.05) is 12.1 Å². The van der Waals surface area contributed by atoms with Gasteiger partial charge in [-0.1, -0.05) is 28.1 Å². The number of rotatable bonds is 4. The van der Waals surface area contributed by atoms with Gasteiger partial charge in [0.25, 0.3) is 0 Å². The zero-order valence-corrected chi connectivity index (χ0v) is 14.3. The Balaban J connectivity index is 1.74. The van der Waals surface area contributed by atoms with Crippen LogP contribution in [-0.4, -0.2) is 22.6 Å². The molecule has 3 rings (SSSR count). The van der Waals surface area contributed by atoms with Gasteiger partial charge in [0, 0.05) is 9.86 Å². The van der Waals surface area contributed by atoms with Crippen molar-refractivity contribution in [3.8, 4) is 17.7 Å². The number of aromatic nitrogens is 1. The average molecular weight is 399 g/mol. The lowest BCUT2D eigenvalue weighted by Gasteiger charge is -2.04. The molecule has 0 unspecified atom stereocenters. The fourth-order valence-corrected chi connectivity index (χ4v) is 2.56. The Bertz CT molecular complexity index is 1020. The molecule has 0 atom stereocenters. The number of nitriles is 1. The fourth-order valence-electron chi connectivity index (χ4n) is 2.20. The minimum Gasteiger partial charge on any atom is -0.493 e. The molecule has 0 saturated heterocycles. The van der Waals surface area contributed by atoms with Gasteiger partial charge in [-0.05, 0) is 30.3 Å². The molecule has 0 radical (unpaired) electrons. The Morgan fingerprint density at radius 2 is 2.12 bits per heavy atom. The summed E-state index contributed by atoms with van der Waals surface area (Å²) in [4.78, 5) is 14.6. The number of carbonyl (C=O) groups is 1. The van der Waals surface area contributed by atoms with Crippen LogP contribution in [0.2, 0.25) is 0 Å². The zero-order valence-electron chi connectivity index (χ0n) is 12.7. The molecule has 1 amide bonds. The van der Waals surface area contributed by atoms with Gasteiger partial charge in [-0.3, -0.25) is 4.79 Å². The summed E-state index contributed by atoms with van der Waals surface area (Å²) in [6, 6.07) is 13.9. The number of H-pyrrole nitrogens is 1. The van der Waals surface area contributed by atoms with Gasteiger partial charge in [0.05, 0.1) is 11.1 Å². The maximum absolute atomic E-state index is 11.9. The van der Waals surface area contributed by atoms with Crippen molar-refractivity contribution in [2.45, 2.75) is 0 Å². The molecule has 0 spiro atoms. The van der Waals surface area contributed by atoms with Crippen molar-refractivity contribution in [1.29, 1.82) is 5.26 Å². The molecule has 0 fully saturated rings. The quantitative estimate of drug-likeness (QED) is 0.641. The topological polar surface area (TPSA) is 111 Å². The van der Waals surface area contributed by atoms with E-state index in [2.05, 4.69) is 31.1 Å². The molecule has 0 aliphatic carbocycles. The molecule has 25 heavy (non-hydrogen) atoms. The summed E-state index contributed by atoms with van der Waals surface area (Å²) in [6.07, 6.45) is 0. The Morgan fingerprint density at radius 1 is 1.32 bits per heavy atom. The molecule has 8 heteroatoms. The molecule has 1 heterocycles. The molecule has 124 valence electrons. The Kier molecular flexibility index (Phi) is 4.77. The third-order valence-corrected chi connectivity index (χ3v) is 3.83. The Hall–Kier alpha value is -3.18. The van der Waals surface area contributed by atoms with Crippen LogP contribution in [0.15, 0.2) is 57.2 Å². The van der Waals surface area contributed by atoms with Crippen molar-refractivity contribution in [1.82, 2.24) is 4.98 Å². The first kappa shape index (κ1) is 16.7. The van der Waals surface area contributed by atoms with Crippen molar-refractivity contribution in [2.75, 3.05) is 6.61 Å². The lowest BCUT2D eigenvalue weighted by atomic mass is 10.2. The van der Waals surface area contributed by atoms with Crippen molar-refractivity contribution in [2.24, 2.45) is 10.2 Å². The number of benzene rings is 2. The highest BCUT2D eigenvalue weighted by atomic mass is 79.9. The first-order chi connectivity index (χ1) is 12.1. The number of halogens is 1. The molecule has 0 bridgehead atoms. The summed E-state index contributed by atoms with van der Waals surface area (Å²) in [5.74, 6) is -0.524. The van der Waals surface area contributed by atoms with E-state index >= 15 is 0 Å². The van der Waals surface area contributed by atoms with Gasteiger partial charge >= 0.3 is 5.91 Å². The lowest BCUT2D eigenvalue weighted by Crippen LogP contribution is -2.08. The Labute approximate surface area is 150 Å². The number of hydrogen-bond donors (Lipinski definition) is 2. The molecule has 0 aliphatic rings. The predicted molar refractivity (Wildman–Crippen MR) is 93.8 cm³/mol. The molecule has 2 aromatic carbocycles. The third kappa shape index (κ3) is 3.67. The Morgan fingerprint density at radius 3 is 2.92 bits per heavy atom. The van der Waals surface area contributed by atoms with E-state index in [-0.39, 0.29) is 18.2 Å². The SMILES string of the molecule is N#Cc1ccccc1OCC(=O)N=Nc1c(O)[nH]c2ccc(Br)cc12. The van der Waals surface area contributed by atoms with Gasteiger partial charge < -0.3 is 14.8 Å². The summed E-state index contributed by atoms with van der Waals surface area (Å²) in [5, 5.41) is 26.9. The van der Waals surface area contributed by atoms with Crippen molar-refractivity contribution in [3.63, 3.8) is 0 Å². The van der Waals surface area contributed by atoms with Crippen LogP contribution < -0.4 is 4.74 Å². The van der Waals surface area contributed by atoms with Gasteiger partial charge in [-0.2, -0.15) is 5.26 Å². The van der Waals surface area contributed by atoms with Gasteiger partial charge in [0.2, 0.25) is 5.88 Å². The number of hydrogen-bond acceptors (Lipinski definition) is 5. The number of amides is 1. The van der Waals surface area contributed by atoms with Crippen LogP contribution >= 0.6 is 15.9 Å². The van der Waals surface area contributed by atoms with E-state index in [1.54, 1.807) is 36.4 Å². The van der Waals surface area contributed by atoms with Crippen LogP contribution in [0.1, 0.15) is 5.56 Å². The van der Waals surface area contributed by atoms with Crippen molar-refractivity contribution in [3.05, 3.63) is 52.5 Å². The second kappa shape index (κ2) is 7.15. The van der Waals surface area contributed by atoms with Crippen molar-refractivity contribution < 1.29 is 14.6 Å². The van der Waals surface area contributed by atoms with Gasteiger partial charge in [0.15, 0.2) is 12.3 Å². The molecular formula is C17H11BrN4O3. The molecule has 1 aromatic heterocycles. The highest BCUT2D eigenvalue weighted by Gasteiger charge is 2.12. The van der Waals surface area contributed by atoms with Crippen LogP contribution in [0.4, 0.5) is 5.69 Å². The number of para-hydroxylation sites is 1. The summed E-state index contributed by atoms with van der Waals surface area (Å²) in [6.45, 7) is -0.366. The van der Waals surface area contributed by atoms with E-state index in [9.17, 15) is 9.90 Å². The average Bonchev–Trinajstić information content (AvgIpc) is 2.93. The summed E-state index contributed by atoms with van der Waals surface area (Å²) >= 11 is 3.34. The second-order valence-corrected chi connectivity index (χ2v) is 5.92. The number of nitrogens with one attached hydrogen (secondary N) is 1. The highest BCUT2D eigenvalue weighted by molar-refractivity contribution is 9.10. The maximum Gasteiger partial charge on any atom is 0.302 e. The molecule has 3 aromatic rings. The highest BCUT2D eigenvalue weighted by Crippen LogP contribution is 2.36. The van der Waals surface area contributed by atoms with Crippen LogP contribution in [0.5, 0.6) is 11.6 Å². The smallest absolute Gasteiger partial charge is 0.302 e. The van der Waals surface area contributed by atoms with Gasteiger partial charge in [-0.15, -0.1) is 10.2 Å². The van der Waals surface area contributed by atoms with Crippen LogP contribution in [0, 0.1) is 11.3 Å². The van der Waals surface area contributed by atoms with Crippen molar-refractivity contribution >= 4 is 38.4 Å². The molecule has 7 nitrogen and oxygen atoms in total. The summed E-state index contributed by atoms with van der Waals surface area (Å²) in [7, 11) is 0. The molecular weight excluding hydrogens is 388 g/mol. The third-order valence-electron chi connectivity index (χ3n) is 3.33. The minimum atomic E-state index is -0.642. The van der Waals surface area contributed by atoms with Crippen LogP contribution in [-0.2, 0) is 4.79 Å². The zero-order chi connectivity index (χ0) is 17.8. The molecule has 0 saturated carbocycles. The predicted octanol–water partition coefficient (Wildman–Crippen LogP) is 4.20. The second-order valence-electron chi connectivity index (χ2n) is 5.00. The standard InChI is InChI=1S/C17H11BrN4O3/c18-11-5-6-13-12(7-11)16(17(24)20-13)22-21-15(23)9-25-14-4-2-1-3-10(14)8-19/h1-7,20,24H,9H2. The number of aromatic amines is 1. The summed E-state index contributed by atoms with van der Waals surface area (Å²) in [5.41, 5.74) is 1.16. The number of azo groups is 1. The number of ether oxygens (including phenoxy) is 1. The van der Waals surface area contributed by atoms with Crippen LogP contribution in [0.3, 0.4) is 0 Å². The first-order valence-corrected chi connectivity index (χ1v) is 7.94. The molecule has 0 aliphatic heterocycles. The first-order valence-electron chi connectivity index (χ1n) is 7.15. The largest absolute Gasteiger partial charge is 0.493 e. The number of aromatic hydroxyl groups is 1. The van der Waals surface area contributed by atoms with E-state index < -0.39 is 5.91 Å². The monoisotopic (exact) mass is 398 g/mol. The van der Waals surface area contributed by atoms with Gasteiger partial charge in [-0.25, -0.2) is 0 Å². The van der Waals surface area contributed by atoms with E-state index in [4.69, 9.17) is 10.00 Å². The van der Waals surface area contributed by atoms with Crippen LogP contribution in [0.25, 0.3) is 10.9 Å². The fraction of sp³-hybridized carbons (Fsp3) is 0.0588. The number of fused-ring (bicyclic) bond motifs is 1. The van der Waals surface area contributed by atoms with E-state index in [1.165, 1.54) is 0 Å². The normalized spacial score (nSPS) is 10.9. The number of carbonyl (C=O) groups excluding carboxylic acids is 1.